The average Bonchev–Trinajstić information content (AvgIpc) is 2.83. The smallest absolute Gasteiger partial charge is 0.230 e. The maximum Gasteiger partial charge on any atom is 0.230 e. The van der Waals surface area contributed by atoms with E-state index in [2.05, 4.69) is 43.3 Å². The van der Waals surface area contributed by atoms with Crippen LogP contribution in [0, 0.1) is 0 Å². The number of benzene rings is 2. The van der Waals surface area contributed by atoms with Crippen LogP contribution in [0.2, 0.25) is 10.2 Å². The first-order chi connectivity index (χ1) is 16.1. The zero-order chi connectivity index (χ0) is 23.0. The van der Waals surface area contributed by atoms with Crippen molar-refractivity contribution in [1.29, 1.82) is 0 Å². The van der Waals surface area contributed by atoms with Gasteiger partial charge in [-0.3, -0.25) is 4.79 Å². The lowest BCUT2D eigenvalue weighted by atomic mass is 10.1. The molecule has 2 aromatic carbocycles. The van der Waals surface area contributed by atoms with Crippen molar-refractivity contribution < 1.29 is 4.79 Å². The van der Waals surface area contributed by atoms with Crippen LogP contribution in [0.5, 0.6) is 0 Å². The Labute approximate surface area is 208 Å². The topological polar surface area (TPSA) is 61.4 Å². The highest BCUT2D eigenvalue weighted by Gasteiger charge is 2.20. The number of halogens is 2. The summed E-state index contributed by atoms with van der Waals surface area (Å²) in [5, 5.41) is 4.57. The number of amides is 1. The molecule has 33 heavy (non-hydrogen) atoms. The second-order valence-corrected chi connectivity index (χ2v) is 9.43. The summed E-state index contributed by atoms with van der Waals surface area (Å²) in [6.07, 6.45) is 0.802. The van der Waals surface area contributed by atoms with E-state index in [0.29, 0.717) is 16.9 Å². The molecule has 1 aliphatic rings. The van der Waals surface area contributed by atoms with Crippen LogP contribution in [0.3, 0.4) is 0 Å². The second kappa shape index (κ2) is 11.6. The lowest BCUT2D eigenvalue weighted by Crippen LogP contribution is -2.46. The van der Waals surface area contributed by atoms with Gasteiger partial charge in [0.2, 0.25) is 5.91 Å². The largest absolute Gasteiger partial charge is 0.368 e. The van der Waals surface area contributed by atoms with Crippen LogP contribution in [-0.4, -0.2) is 54.4 Å². The summed E-state index contributed by atoms with van der Waals surface area (Å²) in [6, 6.07) is 19.8. The summed E-state index contributed by atoms with van der Waals surface area (Å²) in [5.41, 5.74) is 2.32. The molecule has 6 nitrogen and oxygen atoms in total. The highest BCUT2D eigenvalue weighted by molar-refractivity contribution is 7.99. The minimum absolute atomic E-state index is 0.0452. The fourth-order valence-corrected chi connectivity index (χ4v) is 4.75. The number of hydrogen-bond acceptors (Lipinski definition) is 6. The van der Waals surface area contributed by atoms with Crippen LogP contribution in [-0.2, 0) is 11.2 Å². The number of thioether (sulfide) groups is 1. The monoisotopic (exact) mass is 501 g/mol. The molecule has 9 heteroatoms. The number of nitrogens with one attached hydrogen (secondary N) is 1. The van der Waals surface area contributed by atoms with Gasteiger partial charge in [-0.25, -0.2) is 9.97 Å². The highest BCUT2D eigenvalue weighted by atomic mass is 35.5. The summed E-state index contributed by atoms with van der Waals surface area (Å²) in [6.45, 7) is 3.93. The van der Waals surface area contributed by atoms with Crippen molar-refractivity contribution in [1.82, 2.24) is 15.3 Å². The Bertz CT molecular complexity index is 1080. The molecule has 0 unspecified atom stereocenters. The number of carbonyl (C=O) groups excluding carboxylic acids is 1. The van der Waals surface area contributed by atoms with E-state index in [4.69, 9.17) is 23.2 Å². The van der Waals surface area contributed by atoms with E-state index in [9.17, 15) is 4.79 Å². The fourth-order valence-electron chi connectivity index (χ4n) is 3.65. The average molecular weight is 502 g/mol. The molecule has 2 heterocycles. The lowest BCUT2D eigenvalue weighted by Gasteiger charge is -2.36. The van der Waals surface area contributed by atoms with Gasteiger partial charge in [-0.05, 0) is 30.2 Å². The number of hydrogen-bond donors (Lipinski definition) is 1. The summed E-state index contributed by atoms with van der Waals surface area (Å²) < 4.78 is 0. The van der Waals surface area contributed by atoms with Gasteiger partial charge in [0.05, 0.1) is 5.75 Å². The van der Waals surface area contributed by atoms with Crippen molar-refractivity contribution in [3.8, 4) is 0 Å². The van der Waals surface area contributed by atoms with E-state index in [1.54, 1.807) is 6.07 Å². The van der Waals surface area contributed by atoms with Crippen molar-refractivity contribution in [3.63, 3.8) is 0 Å². The van der Waals surface area contributed by atoms with Crippen LogP contribution in [0.25, 0.3) is 0 Å². The molecule has 1 saturated heterocycles. The zero-order valence-corrected chi connectivity index (χ0v) is 20.4. The van der Waals surface area contributed by atoms with Crippen LogP contribution in [0.1, 0.15) is 5.56 Å². The predicted molar refractivity (Wildman–Crippen MR) is 137 cm³/mol. The number of piperazine rings is 1. The summed E-state index contributed by atoms with van der Waals surface area (Å²) in [7, 11) is 0. The molecule has 1 N–H and O–H groups in total. The Balaban J connectivity index is 1.27. The predicted octanol–water partition coefficient (Wildman–Crippen LogP) is 4.56. The molecule has 0 aliphatic carbocycles. The third kappa shape index (κ3) is 7.00. The van der Waals surface area contributed by atoms with Crippen molar-refractivity contribution in [2.75, 3.05) is 48.3 Å². The minimum atomic E-state index is -0.0452. The van der Waals surface area contributed by atoms with Gasteiger partial charge in [0.1, 0.15) is 11.0 Å². The molecule has 1 aliphatic heterocycles. The van der Waals surface area contributed by atoms with Crippen molar-refractivity contribution in [3.05, 3.63) is 76.4 Å². The summed E-state index contributed by atoms with van der Waals surface area (Å²) >= 11 is 13.7. The molecular formula is C24H25Cl2N5OS. The molecule has 0 spiro atoms. The first-order valence-electron chi connectivity index (χ1n) is 10.8. The fraction of sp³-hybridized carbons (Fsp3) is 0.292. The Morgan fingerprint density at radius 3 is 2.45 bits per heavy atom. The van der Waals surface area contributed by atoms with Crippen LogP contribution in [0.15, 0.2) is 65.8 Å². The SMILES string of the molecule is O=C(CSc1nc(Cl)cc(N2CCN(c3cccc(Cl)c3)CC2)n1)NCCc1ccccc1. The van der Waals surface area contributed by atoms with Gasteiger partial charge >= 0.3 is 0 Å². The van der Waals surface area contributed by atoms with E-state index in [0.717, 1.165) is 49.1 Å². The third-order valence-corrected chi connectivity index (χ3v) is 6.62. The van der Waals surface area contributed by atoms with Gasteiger partial charge < -0.3 is 15.1 Å². The molecule has 1 aromatic heterocycles. The molecule has 0 bridgehead atoms. The van der Waals surface area contributed by atoms with Gasteiger partial charge in [0.25, 0.3) is 0 Å². The lowest BCUT2D eigenvalue weighted by molar-refractivity contribution is -0.118. The molecule has 3 aromatic rings. The van der Waals surface area contributed by atoms with Gasteiger partial charge in [0, 0.05) is 49.5 Å². The number of anilines is 2. The zero-order valence-electron chi connectivity index (χ0n) is 18.1. The van der Waals surface area contributed by atoms with Gasteiger partial charge in [-0.1, -0.05) is 71.4 Å². The molecule has 1 fully saturated rings. The number of nitrogens with zero attached hydrogens (tertiary/aromatic N) is 4. The maximum atomic E-state index is 12.2. The van der Waals surface area contributed by atoms with Crippen molar-refractivity contribution in [2.24, 2.45) is 0 Å². The molecule has 0 radical (unpaired) electrons. The standard InChI is InChI=1S/C24H25Cl2N5OS/c25-19-7-4-8-20(15-19)30-11-13-31(14-12-30)22-16-21(26)28-24(29-22)33-17-23(32)27-10-9-18-5-2-1-3-6-18/h1-8,15-16H,9-14,17H2,(H,27,32). The number of carbonyl (C=O) groups is 1. The summed E-state index contributed by atoms with van der Waals surface area (Å²) in [4.78, 5) is 25.7. The Morgan fingerprint density at radius 1 is 0.939 bits per heavy atom. The van der Waals surface area contributed by atoms with Crippen molar-refractivity contribution in [2.45, 2.75) is 11.6 Å². The Hall–Kier alpha value is -2.48. The first-order valence-corrected chi connectivity index (χ1v) is 12.5. The van der Waals surface area contributed by atoms with Crippen LogP contribution >= 0.6 is 35.0 Å². The highest BCUT2D eigenvalue weighted by Crippen LogP contribution is 2.25. The van der Waals surface area contributed by atoms with E-state index in [1.165, 1.54) is 17.3 Å². The molecule has 4 rings (SSSR count). The molecule has 0 saturated carbocycles. The Kier molecular flexibility index (Phi) is 8.31. The van der Waals surface area contributed by atoms with Gasteiger partial charge in [-0.2, -0.15) is 0 Å². The molecule has 172 valence electrons. The second-order valence-electron chi connectivity index (χ2n) is 7.66. The van der Waals surface area contributed by atoms with Crippen LogP contribution < -0.4 is 15.1 Å². The molecule has 0 atom stereocenters. The number of rotatable bonds is 8. The van der Waals surface area contributed by atoms with Crippen LogP contribution in [0.4, 0.5) is 11.5 Å². The van der Waals surface area contributed by atoms with Gasteiger partial charge in [0.15, 0.2) is 5.16 Å². The molecular weight excluding hydrogens is 477 g/mol. The Morgan fingerprint density at radius 2 is 1.70 bits per heavy atom. The van der Waals surface area contributed by atoms with E-state index < -0.39 is 0 Å². The van der Waals surface area contributed by atoms with E-state index in [-0.39, 0.29) is 11.7 Å². The maximum absolute atomic E-state index is 12.2. The normalized spacial score (nSPS) is 13.8. The number of aromatic nitrogens is 2. The quantitative estimate of drug-likeness (QED) is 0.277. The van der Waals surface area contributed by atoms with Gasteiger partial charge in [-0.15, -0.1) is 0 Å². The third-order valence-electron chi connectivity index (χ3n) is 5.35. The van der Waals surface area contributed by atoms with E-state index >= 15 is 0 Å². The van der Waals surface area contributed by atoms with E-state index in [1.807, 2.05) is 36.4 Å². The molecule has 1 amide bonds. The van der Waals surface area contributed by atoms with Crippen molar-refractivity contribution >= 4 is 52.4 Å². The minimum Gasteiger partial charge on any atom is -0.368 e. The summed E-state index contributed by atoms with van der Waals surface area (Å²) in [5.74, 6) is 0.987. The first kappa shape index (κ1) is 23.7.